The number of halogens is 1. The van der Waals surface area contributed by atoms with Crippen molar-refractivity contribution in [3.8, 4) is 5.69 Å². The molecular weight excluding hydrogens is 442 g/mol. The van der Waals surface area contributed by atoms with Gasteiger partial charge in [-0.3, -0.25) is 14.2 Å². The van der Waals surface area contributed by atoms with Crippen molar-refractivity contribution in [2.45, 2.75) is 18.0 Å². The van der Waals surface area contributed by atoms with Crippen LogP contribution in [0.4, 0.5) is 0 Å². The van der Waals surface area contributed by atoms with Crippen LogP contribution in [0.2, 0.25) is 5.02 Å². The Morgan fingerprint density at radius 3 is 2.59 bits per heavy atom. The van der Waals surface area contributed by atoms with Gasteiger partial charge in [0.2, 0.25) is 5.91 Å². The lowest BCUT2D eigenvalue weighted by Gasteiger charge is -2.13. The summed E-state index contributed by atoms with van der Waals surface area (Å²) in [5.74, 6) is 0.0690. The van der Waals surface area contributed by atoms with E-state index in [1.54, 1.807) is 36.4 Å². The van der Waals surface area contributed by atoms with Crippen LogP contribution in [-0.2, 0) is 11.2 Å². The Balaban J connectivity index is 1.47. The number of amides is 1. The zero-order valence-electron chi connectivity index (χ0n) is 17.3. The van der Waals surface area contributed by atoms with E-state index in [4.69, 9.17) is 11.6 Å². The molecule has 0 bridgehead atoms. The summed E-state index contributed by atoms with van der Waals surface area (Å²) in [7, 11) is 0. The maximum absolute atomic E-state index is 13.2. The molecule has 0 aliphatic rings. The normalized spacial score (nSPS) is 10.9. The van der Waals surface area contributed by atoms with Gasteiger partial charge in [0, 0.05) is 11.6 Å². The number of rotatable bonds is 8. The van der Waals surface area contributed by atoms with Crippen LogP contribution in [0.1, 0.15) is 12.0 Å². The van der Waals surface area contributed by atoms with Crippen LogP contribution in [-0.4, -0.2) is 27.8 Å². The monoisotopic (exact) mass is 463 g/mol. The van der Waals surface area contributed by atoms with Crippen LogP contribution in [0.5, 0.6) is 0 Å². The summed E-state index contributed by atoms with van der Waals surface area (Å²) in [6.45, 7) is 0.598. The third-order valence-electron chi connectivity index (χ3n) is 4.95. The van der Waals surface area contributed by atoms with Crippen LogP contribution >= 0.6 is 23.4 Å². The second-order valence-electron chi connectivity index (χ2n) is 7.26. The van der Waals surface area contributed by atoms with Gasteiger partial charge in [-0.2, -0.15) is 0 Å². The zero-order valence-corrected chi connectivity index (χ0v) is 18.9. The minimum atomic E-state index is -0.191. The van der Waals surface area contributed by atoms with Crippen molar-refractivity contribution in [2.24, 2.45) is 0 Å². The number of aromatic nitrogens is 2. The predicted octanol–water partition coefficient (Wildman–Crippen LogP) is 4.88. The number of hydrogen-bond donors (Lipinski definition) is 1. The highest BCUT2D eigenvalue weighted by Gasteiger charge is 2.15. The minimum Gasteiger partial charge on any atom is -0.355 e. The van der Waals surface area contributed by atoms with Crippen LogP contribution in [0, 0.1) is 0 Å². The van der Waals surface area contributed by atoms with E-state index in [2.05, 4.69) is 22.4 Å². The molecule has 1 amide bonds. The lowest BCUT2D eigenvalue weighted by Crippen LogP contribution is -2.27. The van der Waals surface area contributed by atoms with Crippen molar-refractivity contribution >= 4 is 40.2 Å². The quantitative estimate of drug-likeness (QED) is 0.230. The molecule has 32 heavy (non-hydrogen) atoms. The van der Waals surface area contributed by atoms with Crippen molar-refractivity contribution < 1.29 is 4.79 Å². The molecule has 1 heterocycles. The Kier molecular flexibility index (Phi) is 7.24. The van der Waals surface area contributed by atoms with Crippen molar-refractivity contribution in [1.29, 1.82) is 0 Å². The van der Waals surface area contributed by atoms with Gasteiger partial charge in [-0.1, -0.05) is 71.9 Å². The summed E-state index contributed by atoms with van der Waals surface area (Å²) < 4.78 is 1.52. The van der Waals surface area contributed by atoms with Gasteiger partial charge in [-0.15, -0.1) is 0 Å². The first-order valence-electron chi connectivity index (χ1n) is 10.3. The number of benzene rings is 3. The average Bonchev–Trinajstić information content (AvgIpc) is 2.81. The van der Waals surface area contributed by atoms with Gasteiger partial charge in [0.05, 0.1) is 22.3 Å². The van der Waals surface area contributed by atoms with E-state index in [-0.39, 0.29) is 17.2 Å². The van der Waals surface area contributed by atoms with E-state index >= 15 is 0 Å². The van der Waals surface area contributed by atoms with Crippen LogP contribution in [0.25, 0.3) is 16.6 Å². The Morgan fingerprint density at radius 2 is 1.78 bits per heavy atom. The summed E-state index contributed by atoms with van der Waals surface area (Å²) in [6.07, 6.45) is 1.77. The first kappa shape index (κ1) is 22.1. The lowest BCUT2D eigenvalue weighted by molar-refractivity contribution is -0.118. The fourth-order valence-electron chi connectivity index (χ4n) is 3.40. The van der Waals surface area contributed by atoms with E-state index in [0.717, 1.165) is 12.8 Å². The first-order valence-corrected chi connectivity index (χ1v) is 11.7. The Morgan fingerprint density at radius 1 is 1.00 bits per heavy atom. The van der Waals surface area contributed by atoms with E-state index in [0.29, 0.717) is 33.3 Å². The summed E-state index contributed by atoms with van der Waals surface area (Å²) >= 11 is 7.39. The number of carbonyl (C=O) groups is 1. The Bertz CT molecular complexity index is 1290. The van der Waals surface area contributed by atoms with Gasteiger partial charge in [-0.05, 0) is 48.7 Å². The molecule has 3 aromatic carbocycles. The maximum Gasteiger partial charge on any atom is 0.266 e. The van der Waals surface area contributed by atoms with Crippen LogP contribution < -0.4 is 10.9 Å². The smallest absolute Gasteiger partial charge is 0.266 e. The molecule has 0 atom stereocenters. The highest BCUT2D eigenvalue weighted by Crippen LogP contribution is 2.22. The molecule has 0 aliphatic heterocycles. The third kappa shape index (κ3) is 5.39. The Labute approximate surface area is 195 Å². The molecule has 0 unspecified atom stereocenters. The second-order valence-corrected chi connectivity index (χ2v) is 8.64. The van der Waals surface area contributed by atoms with Crippen LogP contribution in [0.15, 0.2) is 88.8 Å². The third-order valence-corrected chi connectivity index (χ3v) is 6.12. The average molecular weight is 464 g/mol. The number of thioether (sulfide) groups is 1. The molecule has 5 nitrogen and oxygen atoms in total. The predicted molar refractivity (Wildman–Crippen MR) is 131 cm³/mol. The fourth-order valence-corrected chi connectivity index (χ4v) is 4.43. The molecule has 0 spiro atoms. The van der Waals surface area contributed by atoms with Crippen molar-refractivity contribution in [3.63, 3.8) is 0 Å². The fraction of sp³-hybridized carbons (Fsp3) is 0.160. The zero-order chi connectivity index (χ0) is 22.3. The second kappa shape index (κ2) is 10.5. The number of para-hydroxylation sites is 1. The number of aryl methyl sites for hydroxylation is 1. The van der Waals surface area contributed by atoms with E-state index in [9.17, 15) is 9.59 Å². The molecule has 0 fully saturated rings. The molecule has 0 saturated heterocycles. The van der Waals surface area contributed by atoms with Gasteiger partial charge >= 0.3 is 0 Å². The van der Waals surface area contributed by atoms with Gasteiger partial charge in [-0.25, -0.2) is 4.98 Å². The van der Waals surface area contributed by atoms with Gasteiger partial charge < -0.3 is 5.32 Å². The number of nitrogens with one attached hydrogen (secondary N) is 1. The molecule has 7 heteroatoms. The van der Waals surface area contributed by atoms with Crippen molar-refractivity contribution in [1.82, 2.24) is 14.9 Å². The summed E-state index contributed by atoms with van der Waals surface area (Å²) in [5.41, 5.74) is 2.28. The number of carbonyl (C=O) groups excluding carboxylic acids is 1. The molecule has 4 aromatic rings. The molecule has 1 N–H and O–H groups in total. The minimum absolute atomic E-state index is 0.0943. The largest absolute Gasteiger partial charge is 0.355 e. The standard InChI is InChI=1S/C25H22ClN3O2S/c26-19-11-6-12-20(16-19)29-24(31)21-13-4-5-14-22(21)28-25(29)32-17-23(30)27-15-7-10-18-8-2-1-3-9-18/h1-6,8-9,11-14,16H,7,10,15,17H2,(H,27,30). The summed E-state index contributed by atoms with van der Waals surface area (Å²) in [5, 5.41) is 4.44. The Hall–Kier alpha value is -3.09. The highest BCUT2D eigenvalue weighted by molar-refractivity contribution is 7.99. The van der Waals surface area contributed by atoms with Gasteiger partial charge in [0.15, 0.2) is 5.16 Å². The lowest BCUT2D eigenvalue weighted by atomic mass is 10.1. The molecule has 0 aliphatic carbocycles. The van der Waals surface area contributed by atoms with Gasteiger partial charge in [0.1, 0.15) is 0 Å². The van der Waals surface area contributed by atoms with E-state index in [1.165, 1.54) is 21.9 Å². The molecule has 0 radical (unpaired) electrons. The number of nitrogens with zero attached hydrogens (tertiary/aromatic N) is 2. The van der Waals surface area contributed by atoms with Crippen molar-refractivity contribution in [2.75, 3.05) is 12.3 Å². The SMILES string of the molecule is O=C(CSc1nc2ccccc2c(=O)n1-c1cccc(Cl)c1)NCCCc1ccccc1. The van der Waals surface area contributed by atoms with E-state index in [1.807, 2.05) is 30.3 Å². The van der Waals surface area contributed by atoms with Crippen LogP contribution in [0.3, 0.4) is 0 Å². The molecule has 1 aromatic heterocycles. The molecule has 4 rings (SSSR count). The molecule has 162 valence electrons. The number of hydrogen-bond acceptors (Lipinski definition) is 4. The van der Waals surface area contributed by atoms with Crippen molar-refractivity contribution in [3.05, 3.63) is 99.8 Å². The highest BCUT2D eigenvalue weighted by atomic mass is 35.5. The molecule has 0 saturated carbocycles. The van der Waals surface area contributed by atoms with Gasteiger partial charge in [0.25, 0.3) is 5.56 Å². The number of fused-ring (bicyclic) bond motifs is 1. The molecular formula is C25H22ClN3O2S. The summed E-state index contributed by atoms with van der Waals surface area (Å²) in [6, 6.07) is 24.4. The topological polar surface area (TPSA) is 64.0 Å². The van der Waals surface area contributed by atoms with E-state index < -0.39 is 0 Å². The summed E-state index contributed by atoms with van der Waals surface area (Å²) in [4.78, 5) is 30.3. The maximum atomic E-state index is 13.2. The first-order chi connectivity index (χ1) is 15.6.